The third-order valence-electron chi connectivity index (χ3n) is 6.37. The molecule has 0 spiro atoms. The van der Waals surface area contributed by atoms with E-state index >= 15 is 0 Å². The third-order valence-corrected chi connectivity index (χ3v) is 7.41. The van der Waals surface area contributed by atoms with Crippen LogP contribution in [-0.2, 0) is 6.42 Å². The molecule has 0 aliphatic carbocycles. The molecule has 2 aromatic rings. The molecule has 3 unspecified atom stereocenters. The first-order valence-electron chi connectivity index (χ1n) is 10.1. The van der Waals surface area contributed by atoms with E-state index in [-0.39, 0.29) is 0 Å². The summed E-state index contributed by atoms with van der Waals surface area (Å²) in [5, 5.41) is 2.91. The molecule has 3 aliphatic heterocycles. The van der Waals surface area contributed by atoms with Crippen LogP contribution in [0.2, 0.25) is 0 Å². The van der Waals surface area contributed by atoms with Gasteiger partial charge in [0.2, 0.25) is 0 Å². The van der Waals surface area contributed by atoms with Crippen LogP contribution < -0.4 is 10.3 Å². The molecule has 0 bridgehead atoms. The van der Waals surface area contributed by atoms with Crippen LogP contribution in [0.1, 0.15) is 11.3 Å². The Morgan fingerprint density at radius 2 is 2.10 bits per heavy atom. The van der Waals surface area contributed by atoms with E-state index in [9.17, 15) is 13.2 Å². The van der Waals surface area contributed by atoms with Crippen molar-refractivity contribution >= 4 is 27.4 Å². The van der Waals surface area contributed by atoms with Gasteiger partial charge in [-0.15, -0.1) is 11.3 Å². The monoisotopic (exact) mass is 426 g/mol. The molecule has 29 heavy (non-hydrogen) atoms. The number of rotatable bonds is 4. The van der Waals surface area contributed by atoms with E-state index in [1.807, 2.05) is 0 Å². The van der Waals surface area contributed by atoms with Gasteiger partial charge in [0.15, 0.2) is 0 Å². The molecule has 0 radical (unpaired) electrons. The number of likely N-dealkylation sites (tertiary alicyclic amines) is 1. The van der Waals surface area contributed by atoms with Gasteiger partial charge in [-0.05, 0) is 30.9 Å². The normalized spacial score (nSPS) is 28.7. The van der Waals surface area contributed by atoms with Gasteiger partial charge < -0.3 is 4.90 Å². The smallest absolute Gasteiger partial charge is 0.354 e. The van der Waals surface area contributed by atoms with E-state index in [1.54, 1.807) is 6.07 Å². The molecule has 1 N–H and O–H groups in total. The zero-order valence-corrected chi connectivity index (χ0v) is 17.1. The van der Waals surface area contributed by atoms with Gasteiger partial charge in [0, 0.05) is 50.7 Å². The highest BCUT2D eigenvalue weighted by Crippen LogP contribution is 2.38. The van der Waals surface area contributed by atoms with Crippen LogP contribution in [0.15, 0.2) is 12.4 Å². The number of fused-ring (bicyclic) bond motifs is 2. The third kappa shape index (κ3) is 3.95. The summed E-state index contributed by atoms with van der Waals surface area (Å²) in [5.74, 6) is 2.03. The van der Waals surface area contributed by atoms with Gasteiger partial charge >= 0.3 is 6.18 Å². The number of anilines is 1. The number of aromatic nitrogens is 2. The van der Waals surface area contributed by atoms with Gasteiger partial charge in [-0.1, -0.05) is 0 Å². The highest BCUT2D eigenvalue weighted by molar-refractivity contribution is 7.18. The summed E-state index contributed by atoms with van der Waals surface area (Å²) >= 11 is 1.12. The standard InChI is InChI=1S/C19H25F3N6S/c1-26-7-12(6-25-26)8-27-3-2-13-9-28(10-16(13)27)17-15-4-14(5-19(20,21)22)29-18(15)24-11-23-17/h4,11-13,16,25H,2-3,5-10H2,1H3. The lowest BCUT2D eigenvalue weighted by Crippen LogP contribution is -2.39. The topological polar surface area (TPSA) is 47.5 Å². The summed E-state index contributed by atoms with van der Waals surface area (Å²) in [7, 11) is 2.08. The second-order valence-corrected chi connectivity index (χ2v) is 9.66. The Kier molecular flexibility index (Phi) is 4.92. The van der Waals surface area contributed by atoms with Crippen LogP contribution in [0.4, 0.5) is 19.0 Å². The molecule has 3 aliphatic rings. The van der Waals surface area contributed by atoms with E-state index in [1.165, 1.54) is 12.7 Å². The molecule has 10 heteroatoms. The minimum absolute atomic E-state index is 0.299. The fraction of sp³-hybridized carbons (Fsp3) is 0.684. The van der Waals surface area contributed by atoms with Gasteiger partial charge in [0.05, 0.1) is 11.8 Å². The van der Waals surface area contributed by atoms with Crippen molar-refractivity contribution in [3.05, 3.63) is 17.3 Å². The Morgan fingerprint density at radius 1 is 1.24 bits per heavy atom. The highest BCUT2D eigenvalue weighted by atomic mass is 32.1. The Labute approximate surface area is 171 Å². The summed E-state index contributed by atoms with van der Waals surface area (Å²) in [6, 6.07) is 2.13. The maximum atomic E-state index is 12.8. The van der Waals surface area contributed by atoms with Crippen LogP contribution in [0.5, 0.6) is 0 Å². The van der Waals surface area contributed by atoms with Gasteiger partial charge in [0.1, 0.15) is 17.0 Å². The second-order valence-electron chi connectivity index (χ2n) is 8.55. The second kappa shape index (κ2) is 7.33. The highest BCUT2D eigenvalue weighted by Gasteiger charge is 2.43. The van der Waals surface area contributed by atoms with Crippen molar-refractivity contribution in [2.24, 2.45) is 11.8 Å². The van der Waals surface area contributed by atoms with Gasteiger partial charge in [-0.2, -0.15) is 13.2 Å². The SMILES string of the molecule is CN1CC(CN2CCC3CN(c4ncnc5sc(CC(F)(F)F)cc45)CC32)CN1. The van der Waals surface area contributed by atoms with Crippen LogP contribution >= 0.6 is 11.3 Å². The first kappa shape index (κ1) is 19.5. The summed E-state index contributed by atoms with van der Waals surface area (Å²) < 4.78 is 38.4. The number of nitrogens with one attached hydrogen (secondary N) is 1. The maximum absolute atomic E-state index is 12.8. The number of hydrogen-bond acceptors (Lipinski definition) is 7. The molecule has 3 fully saturated rings. The Bertz CT molecular complexity index is 886. The number of nitrogens with zero attached hydrogens (tertiary/aromatic N) is 5. The molecule has 6 nitrogen and oxygen atoms in total. The van der Waals surface area contributed by atoms with E-state index in [0.29, 0.717) is 27.6 Å². The van der Waals surface area contributed by atoms with Gasteiger partial charge in [0.25, 0.3) is 0 Å². The molecular formula is C19H25F3N6S. The van der Waals surface area contributed by atoms with Crippen molar-refractivity contribution in [1.29, 1.82) is 0 Å². The minimum Gasteiger partial charge on any atom is -0.354 e. The molecule has 0 amide bonds. The van der Waals surface area contributed by atoms with Gasteiger partial charge in [-0.25, -0.2) is 15.0 Å². The first-order chi connectivity index (χ1) is 13.9. The van der Waals surface area contributed by atoms with Crippen LogP contribution in [0.25, 0.3) is 10.2 Å². The first-order valence-corrected chi connectivity index (χ1v) is 10.9. The summed E-state index contributed by atoms with van der Waals surface area (Å²) in [4.78, 5) is 14.5. The lowest BCUT2D eigenvalue weighted by Gasteiger charge is -2.27. The van der Waals surface area contributed by atoms with Crippen LogP contribution in [0.3, 0.4) is 0 Å². The zero-order chi connectivity index (χ0) is 20.2. The predicted molar refractivity (Wildman–Crippen MR) is 107 cm³/mol. The summed E-state index contributed by atoms with van der Waals surface area (Å²) in [6.07, 6.45) is -2.45. The molecule has 2 aromatic heterocycles. The maximum Gasteiger partial charge on any atom is 0.393 e. The fourth-order valence-electron chi connectivity index (χ4n) is 5.13. The van der Waals surface area contributed by atoms with Crippen molar-refractivity contribution in [3.8, 4) is 0 Å². The van der Waals surface area contributed by atoms with Crippen molar-refractivity contribution < 1.29 is 13.2 Å². The zero-order valence-electron chi connectivity index (χ0n) is 16.3. The van der Waals surface area contributed by atoms with E-state index in [4.69, 9.17) is 0 Å². The number of hydrogen-bond donors (Lipinski definition) is 1. The Morgan fingerprint density at radius 3 is 2.86 bits per heavy atom. The number of alkyl halides is 3. The summed E-state index contributed by atoms with van der Waals surface area (Å²) in [6.45, 7) is 6.13. The largest absolute Gasteiger partial charge is 0.393 e. The molecule has 3 saturated heterocycles. The molecule has 5 rings (SSSR count). The van der Waals surface area contributed by atoms with Crippen molar-refractivity contribution in [2.75, 3.05) is 51.2 Å². The van der Waals surface area contributed by atoms with Gasteiger partial charge in [-0.3, -0.25) is 10.3 Å². The Balaban J connectivity index is 1.33. The number of halogens is 3. The summed E-state index contributed by atoms with van der Waals surface area (Å²) in [5.41, 5.74) is 3.38. The van der Waals surface area contributed by atoms with Crippen molar-refractivity contribution in [2.45, 2.75) is 25.1 Å². The lowest BCUT2D eigenvalue weighted by atomic mass is 10.0. The quantitative estimate of drug-likeness (QED) is 0.810. The predicted octanol–water partition coefficient (Wildman–Crippen LogP) is 2.37. The molecule has 0 aromatic carbocycles. The Hall–Kier alpha value is -1.49. The van der Waals surface area contributed by atoms with Crippen LogP contribution in [0, 0.1) is 11.8 Å². The van der Waals surface area contributed by atoms with E-state index < -0.39 is 12.6 Å². The van der Waals surface area contributed by atoms with Crippen molar-refractivity contribution in [3.63, 3.8) is 0 Å². The molecule has 5 heterocycles. The van der Waals surface area contributed by atoms with Crippen molar-refractivity contribution in [1.82, 2.24) is 25.3 Å². The van der Waals surface area contributed by atoms with Crippen LogP contribution in [-0.4, -0.2) is 78.4 Å². The molecular weight excluding hydrogens is 401 g/mol. The molecule has 0 saturated carbocycles. The van der Waals surface area contributed by atoms with E-state index in [0.717, 1.165) is 61.8 Å². The molecule has 3 atom stereocenters. The average molecular weight is 427 g/mol. The fourth-order valence-corrected chi connectivity index (χ4v) is 6.15. The minimum atomic E-state index is -4.21. The van der Waals surface area contributed by atoms with E-state index in [2.05, 4.69) is 37.3 Å². The lowest BCUT2D eigenvalue weighted by molar-refractivity contribution is -0.126. The molecule has 158 valence electrons. The average Bonchev–Trinajstić information content (AvgIpc) is 3.38. The number of thiophene rings is 1. The number of hydrazine groups is 1.